The Balaban J connectivity index is 0.838. The predicted molar refractivity (Wildman–Crippen MR) is 501 cm³/mol. The summed E-state index contributed by atoms with van der Waals surface area (Å²) in [6.07, 6.45) is 9.96. The van der Waals surface area contributed by atoms with Gasteiger partial charge in [0.25, 0.3) is 6.71 Å². The molecule has 0 radical (unpaired) electrons. The topological polar surface area (TPSA) is 9.72 Å². The van der Waals surface area contributed by atoms with E-state index in [1.165, 1.54) is 117 Å². The van der Waals surface area contributed by atoms with Crippen LogP contribution in [-0.4, -0.2) is 6.71 Å². The average molecular weight is 1500 g/mol. The number of nitrogens with zero attached hydrogens (tertiary/aromatic N) is 3. The molecule has 0 saturated carbocycles. The summed E-state index contributed by atoms with van der Waals surface area (Å²) in [7, 11) is 0. The first-order valence-corrected chi connectivity index (χ1v) is 41.0. The molecule has 1 unspecified atom stereocenters. The largest absolute Gasteiger partial charge is 0.311 e. The number of benzene rings is 18. The molecule has 0 aromatic heterocycles. The van der Waals surface area contributed by atoms with Crippen LogP contribution in [-0.2, 0) is 0 Å². The van der Waals surface area contributed by atoms with Crippen LogP contribution < -0.4 is 31.1 Å². The summed E-state index contributed by atoms with van der Waals surface area (Å²) in [6, 6.07) is 165. The van der Waals surface area contributed by atoms with Crippen LogP contribution in [0.4, 0.5) is 51.2 Å². The lowest BCUT2D eigenvalue weighted by Crippen LogP contribution is -2.61. The van der Waals surface area contributed by atoms with E-state index in [0.29, 0.717) is 0 Å². The molecule has 2 aliphatic heterocycles. The highest BCUT2D eigenvalue weighted by Crippen LogP contribution is 2.52. The maximum atomic E-state index is 2.59. The lowest BCUT2D eigenvalue weighted by molar-refractivity contribution is 0.856. The number of allylic oxidation sites excluding steroid dienone is 4. The van der Waals surface area contributed by atoms with Crippen LogP contribution in [0.1, 0.15) is 17.9 Å². The summed E-state index contributed by atoms with van der Waals surface area (Å²) < 4.78 is 0. The van der Waals surface area contributed by atoms with Crippen molar-refractivity contribution in [3.8, 4) is 122 Å². The van der Waals surface area contributed by atoms with E-state index in [0.717, 1.165) is 85.4 Å². The van der Waals surface area contributed by atoms with Gasteiger partial charge in [-0.1, -0.05) is 394 Å². The van der Waals surface area contributed by atoms with Crippen molar-refractivity contribution < 1.29 is 0 Å². The summed E-state index contributed by atoms with van der Waals surface area (Å²) in [5.41, 5.74) is 40.3. The number of hydrogen-bond acceptors (Lipinski definition) is 3. The Morgan fingerprint density at radius 2 is 0.492 bits per heavy atom. The average Bonchev–Trinajstić information content (AvgIpc) is 0.691. The molecular weight excluding hydrogens is 1420 g/mol. The molecular formula is C114H80BN3. The van der Waals surface area contributed by atoms with Gasteiger partial charge in [0.15, 0.2) is 0 Å². The van der Waals surface area contributed by atoms with E-state index in [9.17, 15) is 0 Å². The van der Waals surface area contributed by atoms with Crippen molar-refractivity contribution in [2.45, 2.75) is 12.3 Å². The zero-order valence-corrected chi connectivity index (χ0v) is 65.2. The molecule has 3 nitrogen and oxygen atoms in total. The number of hydrogen-bond donors (Lipinski definition) is 0. The molecule has 2 heterocycles. The van der Waals surface area contributed by atoms with Gasteiger partial charge in [-0.15, -0.1) is 0 Å². The second-order valence-electron chi connectivity index (χ2n) is 30.9. The third-order valence-corrected chi connectivity index (χ3v) is 24.1. The Bertz CT molecular complexity index is 6510. The number of fused-ring (bicyclic) bond motifs is 4. The van der Waals surface area contributed by atoms with Gasteiger partial charge in [-0.05, 0) is 224 Å². The summed E-state index contributed by atoms with van der Waals surface area (Å²) in [4.78, 5) is 7.68. The highest BCUT2D eigenvalue weighted by atomic mass is 15.2. The smallest absolute Gasteiger partial charge is 0.252 e. The van der Waals surface area contributed by atoms with E-state index in [4.69, 9.17) is 0 Å². The Kier molecular flexibility index (Phi) is 18.6. The fraction of sp³-hybridized carbons (Fsp3) is 0.0175. The predicted octanol–water partition coefficient (Wildman–Crippen LogP) is 29.2. The first-order valence-electron chi connectivity index (χ1n) is 41.0. The van der Waals surface area contributed by atoms with Crippen LogP contribution in [0.2, 0.25) is 0 Å². The lowest BCUT2D eigenvalue weighted by atomic mass is 9.33. The first-order chi connectivity index (χ1) is 58.6. The van der Waals surface area contributed by atoms with Gasteiger partial charge < -0.3 is 14.7 Å². The van der Waals surface area contributed by atoms with Gasteiger partial charge >= 0.3 is 0 Å². The van der Waals surface area contributed by atoms with Crippen LogP contribution in [0.3, 0.4) is 0 Å². The van der Waals surface area contributed by atoms with Crippen LogP contribution in [0.5, 0.6) is 0 Å². The molecule has 0 saturated heterocycles. The maximum Gasteiger partial charge on any atom is 0.252 e. The molecule has 0 N–H and O–H groups in total. The highest BCUT2D eigenvalue weighted by molar-refractivity contribution is 7.00. The third-order valence-electron chi connectivity index (χ3n) is 24.1. The van der Waals surface area contributed by atoms with E-state index in [-0.39, 0.29) is 12.6 Å². The zero-order valence-electron chi connectivity index (χ0n) is 65.2. The second kappa shape index (κ2) is 31.0. The summed E-state index contributed by atoms with van der Waals surface area (Å²) in [5.74, 6) is 0.274. The summed E-state index contributed by atoms with van der Waals surface area (Å²) in [6.45, 7) is -0.287. The van der Waals surface area contributed by atoms with Crippen molar-refractivity contribution in [1.82, 2.24) is 0 Å². The summed E-state index contributed by atoms with van der Waals surface area (Å²) >= 11 is 0. The molecule has 3 aliphatic rings. The van der Waals surface area contributed by atoms with Crippen molar-refractivity contribution in [2.75, 3.05) is 14.7 Å². The molecule has 1 aliphatic carbocycles. The van der Waals surface area contributed by atoms with Gasteiger partial charge in [-0.25, -0.2) is 0 Å². The van der Waals surface area contributed by atoms with Crippen LogP contribution in [0, 0.1) is 0 Å². The fourth-order valence-electron chi connectivity index (χ4n) is 18.5. The van der Waals surface area contributed by atoms with E-state index in [2.05, 4.69) is 482 Å². The third kappa shape index (κ3) is 13.1. The van der Waals surface area contributed by atoms with Gasteiger partial charge in [-0.3, -0.25) is 0 Å². The Morgan fingerprint density at radius 1 is 0.220 bits per heavy atom. The van der Waals surface area contributed by atoms with Crippen LogP contribution in [0.15, 0.2) is 467 Å². The molecule has 18 aromatic carbocycles. The molecule has 0 bridgehead atoms. The van der Waals surface area contributed by atoms with Crippen molar-refractivity contribution in [1.29, 1.82) is 0 Å². The molecule has 118 heavy (non-hydrogen) atoms. The zero-order chi connectivity index (χ0) is 78.2. The van der Waals surface area contributed by atoms with Gasteiger partial charge in [0.05, 0.1) is 5.69 Å². The minimum Gasteiger partial charge on any atom is -0.311 e. The summed E-state index contributed by atoms with van der Waals surface area (Å²) in [5, 5.41) is 0. The standard InChI is InChI=1S/C114H80BN3/c1-7-31-79(32-8-1)96-43-19-23-49-102(96)85-55-65-91(66-56-85)116(92-67-57-86(58-68-92)103-50-24-20-44-97(103)80-33-9-2-10-34-80)95-77-112-114-113(78-95)118(94-71-61-88(62-72-94)105-52-26-22-46-99(105)82-37-13-4-14-38-82)111-74-64-90(107-54-30-28-48-101(107)84-41-17-6-18-42-84)76-109(111)115(114)108-75-89(106-53-29-27-47-100(106)83-39-15-5-16-40-83)63-73-110(108)117(112)93-69-59-87(60-70-93)104-51-25-21-45-98(104)81-35-11-3-12-36-81/h1-33,35-78,80H,34H2. The molecule has 1 atom stereocenters. The first kappa shape index (κ1) is 70.7. The van der Waals surface area contributed by atoms with Gasteiger partial charge in [0.1, 0.15) is 0 Å². The maximum absolute atomic E-state index is 2.59. The normalized spacial score (nSPS) is 13.0. The van der Waals surface area contributed by atoms with Crippen LogP contribution in [0.25, 0.3) is 122 Å². The molecule has 18 aromatic rings. The molecule has 0 spiro atoms. The van der Waals surface area contributed by atoms with Crippen LogP contribution >= 0.6 is 0 Å². The Hall–Kier alpha value is -15.1. The number of rotatable bonds is 17. The monoisotopic (exact) mass is 1500 g/mol. The van der Waals surface area contributed by atoms with Crippen molar-refractivity contribution in [3.63, 3.8) is 0 Å². The number of anilines is 9. The highest BCUT2D eigenvalue weighted by Gasteiger charge is 2.45. The Morgan fingerprint density at radius 3 is 0.814 bits per heavy atom. The molecule has 0 fully saturated rings. The van der Waals surface area contributed by atoms with E-state index in [1.54, 1.807) is 0 Å². The van der Waals surface area contributed by atoms with Gasteiger partial charge in [0, 0.05) is 51.4 Å². The quantitative estimate of drug-likeness (QED) is 0.0842. The Labute approximate surface area is 691 Å². The minimum atomic E-state index is -0.287. The van der Waals surface area contributed by atoms with Gasteiger partial charge in [-0.2, -0.15) is 0 Å². The van der Waals surface area contributed by atoms with Crippen molar-refractivity contribution >= 4 is 74.3 Å². The van der Waals surface area contributed by atoms with E-state index < -0.39 is 0 Å². The molecule has 21 rings (SSSR count). The van der Waals surface area contributed by atoms with Crippen molar-refractivity contribution in [2.24, 2.45) is 0 Å². The second-order valence-corrected chi connectivity index (χ2v) is 30.9. The molecule has 554 valence electrons. The molecule has 0 amide bonds. The van der Waals surface area contributed by atoms with Gasteiger partial charge in [0.2, 0.25) is 0 Å². The lowest BCUT2D eigenvalue weighted by Gasteiger charge is -2.45. The minimum absolute atomic E-state index is 0.274. The van der Waals surface area contributed by atoms with Crippen molar-refractivity contribution in [3.05, 3.63) is 473 Å². The van der Waals surface area contributed by atoms with E-state index >= 15 is 0 Å². The SMILES string of the molecule is C1=CCC(c2ccccc2-c2ccc(N(c3ccc(-c4ccccc4-c4ccccc4)cc3)c3cc4c5c(c3)N(c3ccc(-c6ccccc6-c6ccccc6)cc3)c3ccc(-c6ccccc6-c6ccccc6)cc3B5c3cc(-c5ccccc5-c5ccccc5)ccc3N4c3ccc(-c4ccccc4-c4ccccc4)cc3)cc2)C=C1. The fourth-order valence-corrected chi connectivity index (χ4v) is 18.5. The van der Waals surface area contributed by atoms with E-state index in [1.807, 2.05) is 0 Å². The molecule has 4 heteroatoms.